The highest BCUT2D eigenvalue weighted by Crippen LogP contribution is 2.38. The lowest BCUT2D eigenvalue weighted by Gasteiger charge is -2.14. The van der Waals surface area contributed by atoms with E-state index in [1.807, 2.05) is 18.2 Å². The van der Waals surface area contributed by atoms with Crippen LogP contribution in [0.2, 0.25) is 0 Å². The van der Waals surface area contributed by atoms with Gasteiger partial charge in [-0.25, -0.2) is 0 Å². The van der Waals surface area contributed by atoms with Crippen LogP contribution < -0.4 is 15.8 Å². The first-order valence-corrected chi connectivity index (χ1v) is 9.90. The van der Waals surface area contributed by atoms with Crippen LogP contribution in [0, 0.1) is 0 Å². The van der Waals surface area contributed by atoms with E-state index < -0.39 is 23.9 Å². The summed E-state index contributed by atoms with van der Waals surface area (Å²) in [6.45, 7) is 1.64. The van der Waals surface area contributed by atoms with E-state index in [9.17, 15) is 14.4 Å². The molecule has 0 unspecified atom stereocenters. The molecule has 1 aromatic carbocycles. The third-order valence-corrected chi connectivity index (χ3v) is 5.61. The van der Waals surface area contributed by atoms with Crippen molar-refractivity contribution < 1.29 is 23.9 Å². The molecule has 0 aliphatic heterocycles. The molecule has 148 valence electrons. The van der Waals surface area contributed by atoms with Gasteiger partial charge in [-0.3, -0.25) is 14.4 Å². The number of benzene rings is 1. The summed E-state index contributed by atoms with van der Waals surface area (Å²) in [5.41, 5.74) is 6.79. The molecule has 0 spiro atoms. The number of aryl methyl sites for hydroxylation is 1. The Bertz CT molecular complexity index is 878. The van der Waals surface area contributed by atoms with Crippen LogP contribution in [0.4, 0.5) is 5.00 Å². The maximum atomic E-state index is 12.4. The molecule has 1 heterocycles. The summed E-state index contributed by atoms with van der Waals surface area (Å²) < 4.78 is 10.6. The van der Waals surface area contributed by atoms with Crippen LogP contribution in [0.5, 0.6) is 5.75 Å². The topological polar surface area (TPSA) is 108 Å². The Labute approximate surface area is 166 Å². The van der Waals surface area contributed by atoms with Gasteiger partial charge < -0.3 is 20.5 Å². The summed E-state index contributed by atoms with van der Waals surface area (Å²) in [5, 5.41) is 3.11. The molecule has 28 heavy (non-hydrogen) atoms. The molecular formula is C20H22N2O5S. The number of fused-ring (bicyclic) bond motifs is 1. The Kier molecular flexibility index (Phi) is 6.30. The van der Waals surface area contributed by atoms with Crippen LogP contribution in [0.15, 0.2) is 30.3 Å². The van der Waals surface area contributed by atoms with E-state index in [4.69, 9.17) is 15.2 Å². The van der Waals surface area contributed by atoms with Gasteiger partial charge >= 0.3 is 5.97 Å². The highest BCUT2D eigenvalue weighted by molar-refractivity contribution is 7.17. The van der Waals surface area contributed by atoms with E-state index >= 15 is 0 Å². The third kappa shape index (κ3) is 4.69. The van der Waals surface area contributed by atoms with Crippen LogP contribution in [-0.2, 0) is 27.2 Å². The van der Waals surface area contributed by atoms with Crippen molar-refractivity contribution in [2.75, 3.05) is 11.9 Å². The minimum atomic E-state index is -0.998. The number of hydrogen-bond acceptors (Lipinski definition) is 6. The van der Waals surface area contributed by atoms with E-state index in [1.165, 1.54) is 18.3 Å². The summed E-state index contributed by atoms with van der Waals surface area (Å²) in [6, 6.07) is 9.11. The predicted molar refractivity (Wildman–Crippen MR) is 106 cm³/mol. The zero-order valence-corrected chi connectivity index (χ0v) is 16.3. The molecule has 0 radical (unpaired) electrons. The second-order valence-corrected chi connectivity index (χ2v) is 7.56. The molecule has 0 saturated carbocycles. The van der Waals surface area contributed by atoms with Crippen LogP contribution in [0.3, 0.4) is 0 Å². The maximum Gasteiger partial charge on any atom is 0.310 e. The molecule has 2 aromatic rings. The Morgan fingerprint density at radius 2 is 1.96 bits per heavy atom. The highest BCUT2D eigenvalue weighted by atomic mass is 32.1. The molecule has 2 amide bonds. The van der Waals surface area contributed by atoms with E-state index in [-0.39, 0.29) is 13.0 Å². The van der Waals surface area contributed by atoms with Crippen molar-refractivity contribution in [3.8, 4) is 5.75 Å². The first-order chi connectivity index (χ1) is 13.5. The van der Waals surface area contributed by atoms with Gasteiger partial charge in [0.1, 0.15) is 10.8 Å². The number of primary amides is 1. The molecule has 0 bridgehead atoms. The molecular weight excluding hydrogens is 380 g/mol. The molecule has 0 saturated heterocycles. The molecule has 1 aliphatic rings. The Balaban J connectivity index is 1.51. The van der Waals surface area contributed by atoms with Crippen molar-refractivity contribution in [1.82, 2.24) is 0 Å². The number of carbonyl (C=O) groups excluding carboxylic acids is 3. The van der Waals surface area contributed by atoms with Crippen LogP contribution in [0.25, 0.3) is 0 Å². The summed E-state index contributed by atoms with van der Waals surface area (Å²) >= 11 is 1.36. The van der Waals surface area contributed by atoms with Crippen molar-refractivity contribution >= 4 is 34.1 Å². The van der Waals surface area contributed by atoms with Gasteiger partial charge in [-0.1, -0.05) is 18.2 Å². The number of para-hydroxylation sites is 1. The van der Waals surface area contributed by atoms with E-state index in [0.717, 1.165) is 29.7 Å². The lowest BCUT2D eigenvalue weighted by Crippen LogP contribution is -2.31. The van der Waals surface area contributed by atoms with Gasteiger partial charge in [-0.15, -0.1) is 11.3 Å². The standard InChI is InChI=1S/C20H22N2O5S/c1-12(27-16(23)10-11-26-13-6-3-2-4-7-13)19(25)22-20-17(18(21)24)14-8-5-9-15(14)28-20/h2-4,6-7,12H,5,8-11H2,1H3,(H2,21,24)(H,22,25)/t12-/m1/s1. The fraction of sp³-hybridized carbons (Fsp3) is 0.350. The fourth-order valence-electron chi connectivity index (χ4n) is 3.05. The summed E-state index contributed by atoms with van der Waals surface area (Å²) in [6.07, 6.45) is 1.66. The largest absolute Gasteiger partial charge is 0.493 e. The van der Waals surface area contributed by atoms with E-state index in [2.05, 4.69) is 5.32 Å². The van der Waals surface area contributed by atoms with Gasteiger partial charge in [-0.05, 0) is 43.9 Å². The lowest BCUT2D eigenvalue weighted by atomic mass is 10.1. The Morgan fingerprint density at radius 3 is 2.68 bits per heavy atom. The molecule has 3 N–H and O–H groups in total. The van der Waals surface area contributed by atoms with Gasteiger partial charge in [0, 0.05) is 4.88 Å². The maximum absolute atomic E-state index is 12.4. The number of thiophene rings is 1. The number of anilines is 1. The number of rotatable bonds is 8. The highest BCUT2D eigenvalue weighted by Gasteiger charge is 2.27. The van der Waals surface area contributed by atoms with Gasteiger partial charge in [0.25, 0.3) is 11.8 Å². The number of amides is 2. The average Bonchev–Trinajstić information content (AvgIpc) is 3.22. The lowest BCUT2D eigenvalue weighted by molar-refractivity contribution is -0.153. The quantitative estimate of drug-likeness (QED) is 0.660. The summed E-state index contributed by atoms with van der Waals surface area (Å²) in [4.78, 5) is 37.2. The number of carbonyl (C=O) groups is 3. The fourth-order valence-corrected chi connectivity index (χ4v) is 4.34. The average molecular weight is 402 g/mol. The van der Waals surface area contributed by atoms with Crippen LogP contribution >= 0.6 is 11.3 Å². The molecule has 1 aromatic heterocycles. The monoisotopic (exact) mass is 402 g/mol. The number of nitrogens with two attached hydrogens (primary N) is 1. The zero-order chi connectivity index (χ0) is 20.1. The molecule has 1 aliphatic carbocycles. The Hall–Kier alpha value is -2.87. The Morgan fingerprint density at radius 1 is 1.21 bits per heavy atom. The van der Waals surface area contributed by atoms with Crippen molar-refractivity contribution in [3.05, 3.63) is 46.3 Å². The van der Waals surface area contributed by atoms with Gasteiger partial charge in [0.2, 0.25) is 0 Å². The second-order valence-electron chi connectivity index (χ2n) is 6.46. The minimum absolute atomic E-state index is 0.0202. The first kappa shape index (κ1) is 19.9. The zero-order valence-electron chi connectivity index (χ0n) is 15.5. The third-order valence-electron chi connectivity index (χ3n) is 4.40. The molecule has 7 nitrogen and oxygen atoms in total. The van der Waals surface area contributed by atoms with Gasteiger partial charge in [0.15, 0.2) is 6.10 Å². The summed E-state index contributed by atoms with van der Waals surface area (Å²) in [7, 11) is 0. The van der Waals surface area contributed by atoms with E-state index in [1.54, 1.807) is 12.1 Å². The smallest absolute Gasteiger partial charge is 0.310 e. The molecule has 1 atom stereocenters. The molecule has 0 fully saturated rings. The minimum Gasteiger partial charge on any atom is -0.493 e. The number of ether oxygens (including phenoxy) is 2. The molecule has 8 heteroatoms. The van der Waals surface area contributed by atoms with Gasteiger partial charge in [0.05, 0.1) is 18.6 Å². The SMILES string of the molecule is C[C@@H](OC(=O)CCOc1ccccc1)C(=O)Nc1sc2c(c1C(N)=O)CCC2. The van der Waals surface area contributed by atoms with E-state index in [0.29, 0.717) is 16.3 Å². The van der Waals surface area contributed by atoms with Crippen LogP contribution in [-0.4, -0.2) is 30.5 Å². The van der Waals surface area contributed by atoms with Crippen LogP contribution in [0.1, 0.15) is 40.6 Å². The normalized spacial score (nSPS) is 13.5. The number of hydrogen-bond donors (Lipinski definition) is 2. The van der Waals surface area contributed by atoms with Crippen molar-refractivity contribution in [3.63, 3.8) is 0 Å². The summed E-state index contributed by atoms with van der Waals surface area (Å²) in [5.74, 6) is -0.939. The second kappa shape index (κ2) is 8.88. The van der Waals surface area contributed by atoms with Crippen molar-refractivity contribution in [1.29, 1.82) is 0 Å². The predicted octanol–water partition coefficient (Wildman–Crippen LogP) is 2.68. The van der Waals surface area contributed by atoms with Gasteiger partial charge in [-0.2, -0.15) is 0 Å². The van der Waals surface area contributed by atoms with Crippen molar-refractivity contribution in [2.45, 2.75) is 38.7 Å². The molecule has 3 rings (SSSR count). The van der Waals surface area contributed by atoms with Crippen molar-refractivity contribution in [2.24, 2.45) is 5.73 Å². The first-order valence-electron chi connectivity index (χ1n) is 9.08. The number of nitrogens with one attached hydrogen (secondary N) is 1. The number of esters is 1.